The summed E-state index contributed by atoms with van der Waals surface area (Å²) in [5, 5.41) is 8.53. The largest absolute Gasteiger partial charge is 0.497 e. The Kier molecular flexibility index (Phi) is 10.9. The average molecular weight is 789 g/mol. The first kappa shape index (κ1) is 40.5. The second kappa shape index (κ2) is 15.1. The van der Waals surface area contributed by atoms with Crippen LogP contribution in [0.3, 0.4) is 0 Å². The molecule has 1 unspecified atom stereocenters. The average Bonchev–Trinajstić information content (AvgIpc) is 4.06. The van der Waals surface area contributed by atoms with Crippen molar-refractivity contribution in [1.82, 2.24) is 30.6 Å². The first-order chi connectivity index (χ1) is 26.2. The molecule has 1 saturated heterocycles. The van der Waals surface area contributed by atoms with E-state index in [4.69, 9.17) is 14.5 Å². The zero-order chi connectivity index (χ0) is 40.8. The SMILES string of the molecule is C=CC1C[C@]1(NC(=O)[C@@H]1C[C@@H](Oc2cc(-c3ccccc3)nc3cc(OC)ccc23)CN1C(=O)[C@@H](NC(=O)NC(C)(C)C)C(C)(C)C)C(=O)NS(=O)(=O)C1CC1. The van der Waals surface area contributed by atoms with E-state index in [1.807, 2.05) is 84.0 Å². The van der Waals surface area contributed by atoms with Gasteiger partial charge in [0.15, 0.2) is 0 Å². The fourth-order valence-electron chi connectivity index (χ4n) is 7.05. The van der Waals surface area contributed by atoms with Crippen LogP contribution in [0.15, 0.2) is 67.3 Å². The van der Waals surface area contributed by atoms with Gasteiger partial charge in [0.05, 0.1) is 30.1 Å². The number of fused-ring (bicyclic) bond motifs is 1. The normalized spacial score (nSPS) is 22.8. The fourth-order valence-corrected chi connectivity index (χ4v) is 8.42. The molecular weight excluding hydrogens is 737 g/mol. The van der Waals surface area contributed by atoms with Gasteiger partial charge in [0, 0.05) is 41.0 Å². The molecule has 2 aromatic carbocycles. The lowest BCUT2D eigenvalue weighted by Gasteiger charge is -2.36. The highest BCUT2D eigenvalue weighted by atomic mass is 32.2. The molecule has 1 aliphatic heterocycles. The number of nitrogens with one attached hydrogen (secondary N) is 4. The molecule has 15 heteroatoms. The van der Waals surface area contributed by atoms with Gasteiger partial charge in [-0.25, -0.2) is 18.2 Å². The third kappa shape index (κ3) is 8.77. The number of hydrogen-bond acceptors (Lipinski definition) is 9. The van der Waals surface area contributed by atoms with Crippen molar-refractivity contribution in [2.45, 2.75) is 102 Å². The monoisotopic (exact) mass is 788 g/mol. The summed E-state index contributed by atoms with van der Waals surface area (Å²) < 4.78 is 39.9. The van der Waals surface area contributed by atoms with Crippen LogP contribution in [0.4, 0.5) is 4.79 Å². The van der Waals surface area contributed by atoms with Gasteiger partial charge in [0.2, 0.25) is 21.8 Å². The van der Waals surface area contributed by atoms with Gasteiger partial charge in [-0.3, -0.25) is 19.1 Å². The summed E-state index contributed by atoms with van der Waals surface area (Å²) in [6, 6.07) is 14.1. The molecule has 0 bridgehead atoms. The number of aromatic nitrogens is 1. The molecule has 56 heavy (non-hydrogen) atoms. The Morgan fingerprint density at radius 1 is 1.02 bits per heavy atom. The van der Waals surface area contributed by atoms with Crippen LogP contribution >= 0.6 is 0 Å². The van der Waals surface area contributed by atoms with Crippen LogP contribution in [-0.4, -0.2) is 90.2 Å². The van der Waals surface area contributed by atoms with Crippen molar-refractivity contribution < 1.29 is 37.1 Å². The molecule has 6 rings (SSSR count). The number of rotatable bonds is 12. The molecule has 2 saturated carbocycles. The maximum Gasteiger partial charge on any atom is 0.315 e. The van der Waals surface area contributed by atoms with Crippen molar-refractivity contribution in [1.29, 1.82) is 0 Å². The number of carbonyl (C=O) groups is 4. The van der Waals surface area contributed by atoms with E-state index >= 15 is 0 Å². The third-order valence-corrected chi connectivity index (χ3v) is 12.1. The molecular formula is C41H52N6O8S. The molecule has 5 atom stereocenters. The standard InChI is InChI=1S/C41H52N6O8S/c1-9-25-22-41(25,37(50)46-56(52,53)28-16-17-28)44-35(48)32-20-27(23-47(32)36(49)34(39(2,3)4)43-38(51)45-40(5,6)7)55-33-21-30(24-13-11-10-12-14-24)42-31-19-26(54-8)15-18-29(31)33/h9-15,18-19,21,25,27-28,32,34H,1,16-17,20,22-23H2,2-8H3,(H,44,48)(H,46,50)(H2,43,45,51)/t25?,27-,32+,34-,41-/m1/s1. The van der Waals surface area contributed by atoms with Gasteiger partial charge in [-0.1, -0.05) is 57.2 Å². The van der Waals surface area contributed by atoms with E-state index in [9.17, 15) is 27.6 Å². The Labute approximate surface area is 328 Å². The summed E-state index contributed by atoms with van der Waals surface area (Å²) in [5.41, 5.74) is -0.839. The highest BCUT2D eigenvalue weighted by Gasteiger charge is 2.62. The number of ether oxygens (including phenoxy) is 2. The van der Waals surface area contributed by atoms with Crippen LogP contribution in [-0.2, 0) is 24.4 Å². The van der Waals surface area contributed by atoms with Crippen LogP contribution in [0, 0.1) is 11.3 Å². The molecule has 3 aliphatic rings. The maximum atomic E-state index is 14.7. The topological polar surface area (TPSA) is 185 Å². The minimum atomic E-state index is -3.91. The Morgan fingerprint density at radius 2 is 1.71 bits per heavy atom. The molecule has 1 aromatic heterocycles. The highest BCUT2D eigenvalue weighted by molar-refractivity contribution is 7.91. The van der Waals surface area contributed by atoms with Gasteiger partial charge in [-0.05, 0) is 57.6 Å². The molecule has 14 nitrogen and oxygen atoms in total. The molecule has 300 valence electrons. The van der Waals surface area contributed by atoms with Crippen LogP contribution < -0.4 is 30.1 Å². The summed E-state index contributed by atoms with van der Waals surface area (Å²) in [7, 11) is -2.34. The van der Waals surface area contributed by atoms with Crippen molar-refractivity contribution in [3.8, 4) is 22.8 Å². The lowest BCUT2D eigenvalue weighted by molar-refractivity contribution is -0.142. The van der Waals surface area contributed by atoms with E-state index in [0.717, 1.165) is 5.56 Å². The van der Waals surface area contributed by atoms with Crippen molar-refractivity contribution in [3.63, 3.8) is 0 Å². The van der Waals surface area contributed by atoms with E-state index in [-0.39, 0.29) is 19.4 Å². The summed E-state index contributed by atoms with van der Waals surface area (Å²) >= 11 is 0. The lowest BCUT2D eigenvalue weighted by Crippen LogP contribution is -2.61. The zero-order valence-electron chi connectivity index (χ0n) is 33.0. The first-order valence-electron chi connectivity index (χ1n) is 18.9. The summed E-state index contributed by atoms with van der Waals surface area (Å²) in [6.07, 6.45) is 1.87. The number of likely N-dealkylation sites (tertiary alicyclic amines) is 1. The second-order valence-electron chi connectivity index (χ2n) is 17.1. The van der Waals surface area contributed by atoms with Gasteiger partial charge >= 0.3 is 6.03 Å². The van der Waals surface area contributed by atoms with Gasteiger partial charge in [-0.2, -0.15) is 0 Å². The van der Waals surface area contributed by atoms with Gasteiger partial charge in [-0.15, -0.1) is 6.58 Å². The molecule has 3 aromatic rings. The van der Waals surface area contributed by atoms with E-state index in [1.54, 1.807) is 19.2 Å². The van der Waals surface area contributed by atoms with Crippen LogP contribution in [0.2, 0.25) is 0 Å². The predicted octanol–water partition coefficient (Wildman–Crippen LogP) is 4.44. The van der Waals surface area contributed by atoms with E-state index in [2.05, 4.69) is 27.3 Å². The molecule has 0 spiro atoms. The Morgan fingerprint density at radius 3 is 2.30 bits per heavy atom. The number of hydrogen-bond donors (Lipinski definition) is 4. The zero-order valence-corrected chi connectivity index (χ0v) is 33.8. The van der Waals surface area contributed by atoms with Gasteiger partial charge in [0.1, 0.15) is 35.2 Å². The van der Waals surface area contributed by atoms with Crippen molar-refractivity contribution in [2.75, 3.05) is 13.7 Å². The number of benzene rings is 2. The maximum absolute atomic E-state index is 14.7. The van der Waals surface area contributed by atoms with Crippen molar-refractivity contribution in [2.24, 2.45) is 11.3 Å². The second-order valence-corrected chi connectivity index (χ2v) is 19.0. The van der Waals surface area contributed by atoms with E-state index < -0.39 is 79.6 Å². The summed E-state index contributed by atoms with van der Waals surface area (Å²) in [5.74, 6) is -1.47. The molecule has 5 amide bonds. The number of methoxy groups -OCH3 is 1. The summed E-state index contributed by atoms with van der Waals surface area (Å²) in [6.45, 7) is 14.7. The first-order valence-corrected chi connectivity index (χ1v) is 20.4. The number of nitrogens with zero attached hydrogens (tertiary/aromatic N) is 2. The molecule has 2 heterocycles. The molecule has 4 N–H and O–H groups in total. The summed E-state index contributed by atoms with van der Waals surface area (Å²) in [4.78, 5) is 62.1. The van der Waals surface area contributed by atoms with E-state index in [0.29, 0.717) is 40.9 Å². The van der Waals surface area contributed by atoms with Gasteiger partial charge < -0.3 is 30.3 Å². The molecule has 3 fully saturated rings. The highest BCUT2D eigenvalue weighted by Crippen LogP contribution is 2.46. The lowest BCUT2D eigenvalue weighted by atomic mass is 9.85. The third-order valence-electron chi connectivity index (χ3n) is 10.3. The minimum absolute atomic E-state index is 0.0279. The molecule has 2 aliphatic carbocycles. The smallest absolute Gasteiger partial charge is 0.315 e. The molecule has 0 radical (unpaired) electrons. The van der Waals surface area contributed by atoms with Crippen LogP contribution in [0.25, 0.3) is 22.2 Å². The minimum Gasteiger partial charge on any atom is -0.497 e. The number of pyridine rings is 1. The fraction of sp³-hybridized carbons (Fsp3) is 0.488. The van der Waals surface area contributed by atoms with Crippen molar-refractivity contribution >= 4 is 44.7 Å². The number of carbonyl (C=O) groups excluding carboxylic acids is 4. The van der Waals surface area contributed by atoms with Gasteiger partial charge in [0.25, 0.3) is 5.91 Å². The predicted molar refractivity (Wildman–Crippen MR) is 212 cm³/mol. The number of urea groups is 1. The van der Waals surface area contributed by atoms with Crippen molar-refractivity contribution in [3.05, 3.63) is 67.3 Å². The Bertz CT molecular complexity index is 2140. The van der Waals surface area contributed by atoms with Crippen LogP contribution in [0.5, 0.6) is 11.5 Å². The Hall–Kier alpha value is -5.18. The Balaban J connectivity index is 1.34. The van der Waals surface area contributed by atoms with E-state index in [1.165, 1.54) is 11.0 Å². The number of amides is 5. The van der Waals surface area contributed by atoms with Crippen LogP contribution in [0.1, 0.15) is 67.2 Å². The number of sulfonamides is 1. The quantitative estimate of drug-likeness (QED) is 0.193.